The van der Waals surface area contributed by atoms with E-state index in [4.69, 9.17) is 0 Å². The highest BCUT2D eigenvalue weighted by Gasteiger charge is 2.15. The predicted octanol–water partition coefficient (Wildman–Crippen LogP) is 3.55. The van der Waals surface area contributed by atoms with Crippen molar-refractivity contribution in [2.75, 3.05) is 23.8 Å². The maximum absolute atomic E-state index is 4.50. The summed E-state index contributed by atoms with van der Waals surface area (Å²) in [5.74, 6) is 1.89. The van der Waals surface area contributed by atoms with Gasteiger partial charge in [0, 0.05) is 24.8 Å². The summed E-state index contributed by atoms with van der Waals surface area (Å²) in [7, 11) is 1.90. The van der Waals surface area contributed by atoms with Crippen molar-refractivity contribution in [2.45, 2.75) is 27.2 Å². The van der Waals surface area contributed by atoms with Gasteiger partial charge in [-0.2, -0.15) is 0 Å². The quantitative estimate of drug-likeness (QED) is 0.902. The van der Waals surface area contributed by atoms with Crippen LogP contribution < -0.4 is 10.2 Å². The molecule has 1 aromatic heterocycles. The molecule has 0 amide bonds. The van der Waals surface area contributed by atoms with Gasteiger partial charge < -0.3 is 10.2 Å². The summed E-state index contributed by atoms with van der Waals surface area (Å²) in [6.45, 7) is 7.24. The van der Waals surface area contributed by atoms with Crippen LogP contribution in [0.4, 0.5) is 17.3 Å². The summed E-state index contributed by atoms with van der Waals surface area (Å²) in [6.07, 6.45) is 2.52. The predicted molar refractivity (Wildman–Crippen MR) is 84.8 cm³/mol. The molecule has 0 unspecified atom stereocenters. The number of hydrogen-bond donors (Lipinski definition) is 1. The van der Waals surface area contributed by atoms with Crippen LogP contribution in [0.25, 0.3) is 0 Å². The summed E-state index contributed by atoms with van der Waals surface area (Å²) in [5.41, 5.74) is 3.57. The molecule has 0 aliphatic heterocycles. The van der Waals surface area contributed by atoms with Crippen LogP contribution >= 0.6 is 0 Å². The Labute approximate surface area is 120 Å². The van der Waals surface area contributed by atoms with Crippen molar-refractivity contribution in [2.24, 2.45) is 0 Å². The lowest BCUT2D eigenvalue weighted by molar-refractivity contribution is 0.940. The van der Waals surface area contributed by atoms with E-state index in [-0.39, 0.29) is 0 Å². The average molecular weight is 270 g/mol. The van der Waals surface area contributed by atoms with Crippen LogP contribution in [0.15, 0.2) is 30.6 Å². The maximum Gasteiger partial charge on any atom is 0.141 e. The Balaban J connectivity index is 2.49. The third-order valence-corrected chi connectivity index (χ3v) is 3.43. The second-order valence-corrected chi connectivity index (χ2v) is 4.71. The average Bonchev–Trinajstić information content (AvgIpc) is 2.49. The Hall–Kier alpha value is -2.10. The van der Waals surface area contributed by atoms with Gasteiger partial charge in [-0.15, -0.1) is 0 Å². The minimum Gasteiger partial charge on any atom is -0.373 e. The molecule has 0 radical (unpaired) electrons. The van der Waals surface area contributed by atoms with Gasteiger partial charge in [-0.05, 0) is 32.4 Å². The van der Waals surface area contributed by atoms with Crippen molar-refractivity contribution < 1.29 is 0 Å². The lowest BCUT2D eigenvalue weighted by atomic mass is 10.1. The highest BCUT2D eigenvalue weighted by atomic mass is 15.2. The van der Waals surface area contributed by atoms with Gasteiger partial charge in [0.1, 0.15) is 18.0 Å². The third-order valence-electron chi connectivity index (χ3n) is 3.43. The normalized spacial score (nSPS) is 10.4. The molecule has 1 aromatic carbocycles. The molecule has 2 rings (SSSR count). The first-order valence-electron chi connectivity index (χ1n) is 7.07. The minimum atomic E-state index is 0.871. The molecule has 20 heavy (non-hydrogen) atoms. The standard InChI is InChI=1S/C16H22N4/c1-5-14-15(17-4)18-11-19-16(14)20(6-2)13-9-7-12(3)8-10-13/h7-11H,5-6H2,1-4H3,(H,17,18,19). The molecular weight excluding hydrogens is 248 g/mol. The number of hydrogen-bond acceptors (Lipinski definition) is 4. The SMILES string of the molecule is CCc1c(NC)ncnc1N(CC)c1ccc(C)cc1. The molecular formula is C16H22N4. The first-order valence-corrected chi connectivity index (χ1v) is 7.07. The van der Waals surface area contributed by atoms with Gasteiger partial charge in [-0.1, -0.05) is 24.6 Å². The Bertz CT molecular complexity index is 563. The molecule has 2 aromatic rings. The van der Waals surface area contributed by atoms with Crippen LogP contribution in [0.1, 0.15) is 25.0 Å². The van der Waals surface area contributed by atoms with Gasteiger partial charge in [0.15, 0.2) is 0 Å². The number of anilines is 3. The van der Waals surface area contributed by atoms with Crippen molar-refractivity contribution in [1.29, 1.82) is 0 Å². The Kier molecular flexibility index (Phi) is 4.56. The van der Waals surface area contributed by atoms with E-state index in [1.54, 1.807) is 6.33 Å². The summed E-state index contributed by atoms with van der Waals surface area (Å²) < 4.78 is 0. The van der Waals surface area contributed by atoms with E-state index < -0.39 is 0 Å². The third kappa shape index (κ3) is 2.74. The number of nitrogens with zero attached hydrogens (tertiary/aromatic N) is 3. The molecule has 0 atom stereocenters. The second-order valence-electron chi connectivity index (χ2n) is 4.71. The molecule has 4 heteroatoms. The van der Waals surface area contributed by atoms with E-state index in [0.29, 0.717) is 0 Å². The van der Waals surface area contributed by atoms with Gasteiger partial charge in [-0.25, -0.2) is 9.97 Å². The molecule has 4 nitrogen and oxygen atoms in total. The molecule has 0 spiro atoms. The topological polar surface area (TPSA) is 41.1 Å². The van der Waals surface area contributed by atoms with Gasteiger partial charge >= 0.3 is 0 Å². The van der Waals surface area contributed by atoms with Gasteiger partial charge in [0.2, 0.25) is 0 Å². The van der Waals surface area contributed by atoms with E-state index >= 15 is 0 Å². The molecule has 1 heterocycles. The van der Waals surface area contributed by atoms with Crippen molar-refractivity contribution >= 4 is 17.3 Å². The van der Waals surface area contributed by atoms with E-state index in [9.17, 15) is 0 Å². The van der Waals surface area contributed by atoms with Crippen molar-refractivity contribution in [3.05, 3.63) is 41.7 Å². The molecule has 0 aliphatic rings. The van der Waals surface area contributed by atoms with Gasteiger partial charge in [0.05, 0.1) is 0 Å². The lowest BCUT2D eigenvalue weighted by Gasteiger charge is -2.25. The molecule has 1 N–H and O–H groups in total. The number of rotatable bonds is 5. The maximum atomic E-state index is 4.50. The summed E-state index contributed by atoms with van der Waals surface area (Å²) in [5, 5.41) is 3.15. The molecule has 0 aliphatic carbocycles. The van der Waals surface area contributed by atoms with Crippen LogP contribution in [0, 0.1) is 6.92 Å². The van der Waals surface area contributed by atoms with Crippen LogP contribution in [0.3, 0.4) is 0 Å². The summed E-state index contributed by atoms with van der Waals surface area (Å²) >= 11 is 0. The Morgan fingerprint density at radius 2 is 1.80 bits per heavy atom. The second kappa shape index (κ2) is 6.37. The van der Waals surface area contributed by atoms with Crippen LogP contribution in [0.2, 0.25) is 0 Å². The smallest absolute Gasteiger partial charge is 0.141 e. The lowest BCUT2D eigenvalue weighted by Crippen LogP contribution is -2.20. The fourth-order valence-electron chi connectivity index (χ4n) is 2.36. The van der Waals surface area contributed by atoms with E-state index in [0.717, 1.165) is 35.9 Å². The first kappa shape index (κ1) is 14.3. The Morgan fingerprint density at radius 1 is 1.10 bits per heavy atom. The van der Waals surface area contributed by atoms with E-state index in [1.807, 2.05) is 7.05 Å². The number of nitrogens with one attached hydrogen (secondary N) is 1. The largest absolute Gasteiger partial charge is 0.373 e. The fourth-order valence-corrected chi connectivity index (χ4v) is 2.36. The molecule has 0 saturated heterocycles. The molecule has 106 valence electrons. The summed E-state index contributed by atoms with van der Waals surface area (Å²) in [6, 6.07) is 8.53. The zero-order chi connectivity index (χ0) is 14.5. The van der Waals surface area contributed by atoms with Crippen molar-refractivity contribution in [3.8, 4) is 0 Å². The zero-order valence-electron chi connectivity index (χ0n) is 12.6. The number of aromatic nitrogens is 2. The molecule has 0 saturated carbocycles. The van der Waals surface area contributed by atoms with Crippen LogP contribution in [-0.2, 0) is 6.42 Å². The molecule has 0 bridgehead atoms. The van der Waals surface area contributed by atoms with Crippen molar-refractivity contribution in [1.82, 2.24) is 9.97 Å². The molecule has 0 fully saturated rings. The highest BCUT2D eigenvalue weighted by molar-refractivity contribution is 5.67. The Morgan fingerprint density at radius 3 is 2.35 bits per heavy atom. The van der Waals surface area contributed by atoms with E-state index in [2.05, 4.69) is 65.2 Å². The van der Waals surface area contributed by atoms with E-state index in [1.165, 1.54) is 5.56 Å². The zero-order valence-corrected chi connectivity index (χ0v) is 12.6. The minimum absolute atomic E-state index is 0.871. The first-order chi connectivity index (χ1) is 9.71. The van der Waals surface area contributed by atoms with Crippen molar-refractivity contribution in [3.63, 3.8) is 0 Å². The highest BCUT2D eigenvalue weighted by Crippen LogP contribution is 2.29. The van der Waals surface area contributed by atoms with Gasteiger partial charge in [0.25, 0.3) is 0 Å². The van der Waals surface area contributed by atoms with Crippen LogP contribution in [-0.4, -0.2) is 23.6 Å². The number of benzene rings is 1. The van der Waals surface area contributed by atoms with Gasteiger partial charge in [-0.3, -0.25) is 0 Å². The fraction of sp³-hybridized carbons (Fsp3) is 0.375. The van der Waals surface area contributed by atoms with Crippen LogP contribution in [0.5, 0.6) is 0 Å². The summed E-state index contributed by atoms with van der Waals surface area (Å²) in [4.78, 5) is 11.0. The number of aryl methyl sites for hydroxylation is 1. The monoisotopic (exact) mass is 270 g/mol.